The highest BCUT2D eigenvalue weighted by Crippen LogP contribution is 2.48. The number of pyridine rings is 2. The maximum absolute atomic E-state index is 13.3. The van der Waals surface area contributed by atoms with Crippen molar-refractivity contribution in [1.82, 2.24) is 19.8 Å². The van der Waals surface area contributed by atoms with E-state index in [0.29, 0.717) is 67.3 Å². The summed E-state index contributed by atoms with van der Waals surface area (Å²) in [5, 5.41) is 12.3. The van der Waals surface area contributed by atoms with Crippen molar-refractivity contribution in [3.63, 3.8) is 0 Å². The molecule has 3 heterocycles. The first kappa shape index (κ1) is 23.1. The van der Waals surface area contributed by atoms with Gasteiger partial charge in [-0.2, -0.15) is 5.26 Å². The third kappa shape index (κ3) is 4.80. The number of rotatable bonds is 8. The molecule has 3 aliphatic rings. The molecule has 9 heteroatoms. The summed E-state index contributed by atoms with van der Waals surface area (Å²) >= 11 is 0. The summed E-state index contributed by atoms with van der Waals surface area (Å²) < 4.78 is 0. The molecule has 9 nitrogen and oxygen atoms in total. The lowest BCUT2D eigenvalue weighted by atomic mass is 9.98. The van der Waals surface area contributed by atoms with Crippen molar-refractivity contribution in [3.05, 3.63) is 52.5 Å². The zero-order valence-electron chi connectivity index (χ0n) is 19.8. The number of nitrogens with zero attached hydrogens (tertiary/aromatic N) is 5. The number of nitrogens with one attached hydrogen (secondary N) is 1. The summed E-state index contributed by atoms with van der Waals surface area (Å²) in [5.41, 5.74) is 2.15. The van der Waals surface area contributed by atoms with Crippen LogP contribution in [0.2, 0.25) is 0 Å². The van der Waals surface area contributed by atoms with Gasteiger partial charge in [-0.25, -0.2) is 9.97 Å². The molecule has 35 heavy (non-hydrogen) atoms. The molecule has 2 saturated carbocycles. The van der Waals surface area contributed by atoms with E-state index in [1.807, 2.05) is 11.9 Å². The Balaban J connectivity index is 1.32. The van der Waals surface area contributed by atoms with E-state index in [9.17, 15) is 19.6 Å². The third-order valence-corrected chi connectivity index (χ3v) is 7.23. The van der Waals surface area contributed by atoms with Gasteiger partial charge in [-0.15, -0.1) is 0 Å². The lowest BCUT2D eigenvalue weighted by molar-refractivity contribution is -0.136. The van der Waals surface area contributed by atoms with Crippen molar-refractivity contribution >= 4 is 23.9 Å². The number of anilines is 1. The van der Waals surface area contributed by atoms with E-state index >= 15 is 0 Å². The second-order valence-corrected chi connectivity index (χ2v) is 9.93. The van der Waals surface area contributed by atoms with Gasteiger partial charge in [0.15, 0.2) is 6.29 Å². The molecular weight excluding hydrogens is 444 g/mol. The first-order valence-electron chi connectivity index (χ1n) is 12.0. The van der Waals surface area contributed by atoms with Gasteiger partial charge in [0.05, 0.1) is 23.2 Å². The molecule has 0 aromatic carbocycles. The Bertz CT molecular complexity index is 1230. The highest BCUT2D eigenvalue weighted by Gasteiger charge is 2.53. The summed E-state index contributed by atoms with van der Waals surface area (Å²) in [7, 11) is 1.91. The van der Waals surface area contributed by atoms with Gasteiger partial charge in [-0.1, -0.05) is 6.07 Å². The lowest BCUT2D eigenvalue weighted by Crippen LogP contribution is -2.48. The Labute approximate surface area is 204 Å². The smallest absolute Gasteiger partial charge is 0.237 e. The van der Waals surface area contributed by atoms with Gasteiger partial charge < -0.3 is 10.2 Å². The standard InChI is InChI=1S/C26H28N6O3/c1-31-8-9-32(24(34)15-31)14-18-4-5-22(29-21(18)16-33)26(6-7-26)25(35)30-23-11-19(10-17-2-3-17)20(12-27)13-28-23/h4-5,11,13,16-17H,2-3,6-10,14-15H2,1H3,(H,28,30,35). The average molecular weight is 473 g/mol. The maximum atomic E-state index is 13.3. The molecule has 2 aliphatic carbocycles. The molecule has 1 N–H and O–H groups in total. The van der Waals surface area contributed by atoms with Gasteiger partial charge in [-0.05, 0) is 62.8 Å². The molecule has 2 aromatic rings. The van der Waals surface area contributed by atoms with E-state index in [1.165, 1.54) is 19.0 Å². The fourth-order valence-corrected chi connectivity index (χ4v) is 4.63. The van der Waals surface area contributed by atoms with Gasteiger partial charge in [0.2, 0.25) is 11.8 Å². The number of carbonyl (C=O) groups is 3. The molecule has 0 bridgehead atoms. The van der Waals surface area contributed by atoms with E-state index in [4.69, 9.17) is 0 Å². The highest BCUT2D eigenvalue weighted by atomic mass is 16.2. The largest absolute Gasteiger partial charge is 0.336 e. The predicted octanol–water partition coefficient (Wildman–Crippen LogP) is 2.06. The first-order chi connectivity index (χ1) is 16.9. The van der Waals surface area contributed by atoms with Crippen molar-refractivity contribution in [2.24, 2.45) is 5.92 Å². The highest BCUT2D eigenvalue weighted by molar-refractivity contribution is 6.00. The number of carbonyl (C=O) groups excluding carboxylic acids is 3. The third-order valence-electron chi connectivity index (χ3n) is 7.23. The number of likely N-dealkylation sites (N-methyl/N-ethyl adjacent to an activating group) is 1. The van der Waals surface area contributed by atoms with Crippen LogP contribution in [0, 0.1) is 17.2 Å². The van der Waals surface area contributed by atoms with Gasteiger partial charge >= 0.3 is 0 Å². The quantitative estimate of drug-likeness (QED) is 0.584. The van der Waals surface area contributed by atoms with Crippen molar-refractivity contribution in [3.8, 4) is 6.07 Å². The fraction of sp³-hybridized carbons (Fsp3) is 0.462. The molecule has 1 aliphatic heterocycles. The number of amides is 2. The van der Waals surface area contributed by atoms with Crippen molar-refractivity contribution in [2.45, 2.75) is 44.1 Å². The van der Waals surface area contributed by atoms with Crippen LogP contribution in [-0.2, 0) is 28.0 Å². The van der Waals surface area contributed by atoms with E-state index in [0.717, 1.165) is 18.5 Å². The lowest BCUT2D eigenvalue weighted by Gasteiger charge is -2.32. The summed E-state index contributed by atoms with van der Waals surface area (Å²) in [6.07, 6.45) is 6.63. The van der Waals surface area contributed by atoms with Crippen LogP contribution in [0.25, 0.3) is 0 Å². The minimum absolute atomic E-state index is 0.0219. The molecule has 2 amide bonds. The maximum Gasteiger partial charge on any atom is 0.237 e. The summed E-state index contributed by atoms with van der Waals surface area (Å²) in [5.74, 6) is 0.845. The fourth-order valence-electron chi connectivity index (χ4n) is 4.63. The number of aromatic nitrogens is 2. The van der Waals surface area contributed by atoms with Gasteiger partial charge in [0.1, 0.15) is 17.6 Å². The number of hydrogen-bond acceptors (Lipinski definition) is 7. The molecule has 0 radical (unpaired) electrons. The first-order valence-corrected chi connectivity index (χ1v) is 12.0. The van der Waals surface area contributed by atoms with Gasteiger partial charge in [0, 0.05) is 31.4 Å². The predicted molar refractivity (Wildman–Crippen MR) is 127 cm³/mol. The van der Waals surface area contributed by atoms with E-state index in [-0.39, 0.29) is 17.5 Å². The Morgan fingerprint density at radius 1 is 1.29 bits per heavy atom. The van der Waals surface area contributed by atoms with Crippen molar-refractivity contribution in [1.29, 1.82) is 5.26 Å². The molecule has 3 fully saturated rings. The number of aldehydes is 1. The van der Waals surface area contributed by atoms with Crippen molar-refractivity contribution < 1.29 is 14.4 Å². The van der Waals surface area contributed by atoms with Crippen LogP contribution in [-0.4, -0.2) is 64.6 Å². The second-order valence-electron chi connectivity index (χ2n) is 9.93. The van der Waals surface area contributed by atoms with Crippen LogP contribution < -0.4 is 5.32 Å². The zero-order valence-corrected chi connectivity index (χ0v) is 19.8. The van der Waals surface area contributed by atoms with E-state index in [2.05, 4.69) is 21.4 Å². The van der Waals surface area contributed by atoms with Crippen LogP contribution in [0.4, 0.5) is 5.82 Å². The number of hydrogen-bond donors (Lipinski definition) is 1. The molecule has 180 valence electrons. The molecule has 5 rings (SSSR count). The van der Waals surface area contributed by atoms with Crippen LogP contribution in [0.1, 0.15) is 58.6 Å². The number of nitriles is 1. The Hall–Kier alpha value is -3.64. The molecule has 0 spiro atoms. The van der Waals surface area contributed by atoms with Gasteiger partial charge in [-0.3, -0.25) is 19.3 Å². The molecular formula is C26H28N6O3. The Morgan fingerprint density at radius 2 is 2.09 bits per heavy atom. The molecule has 0 unspecified atom stereocenters. The van der Waals surface area contributed by atoms with Gasteiger partial charge in [0.25, 0.3) is 0 Å². The van der Waals surface area contributed by atoms with Crippen LogP contribution in [0.3, 0.4) is 0 Å². The zero-order chi connectivity index (χ0) is 24.6. The number of piperazine rings is 1. The van der Waals surface area contributed by atoms with Crippen molar-refractivity contribution in [2.75, 3.05) is 32.0 Å². The van der Waals surface area contributed by atoms with E-state index < -0.39 is 5.41 Å². The SMILES string of the molecule is CN1CCN(Cc2ccc(C3(C(=O)Nc4cc(CC5CC5)c(C#N)cn4)CC3)nc2C=O)C(=O)C1. The average Bonchev–Trinajstić information content (AvgIpc) is 3.77. The summed E-state index contributed by atoms with van der Waals surface area (Å²) in [6.45, 7) is 2.06. The van der Waals surface area contributed by atoms with Crippen LogP contribution in [0.5, 0.6) is 0 Å². The molecule has 2 aromatic heterocycles. The van der Waals surface area contributed by atoms with E-state index in [1.54, 1.807) is 23.1 Å². The minimum atomic E-state index is -0.799. The van der Waals surface area contributed by atoms with Crippen LogP contribution >= 0.6 is 0 Å². The summed E-state index contributed by atoms with van der Waals surface area (Å²) in [4.78, 5) is 50.0. The molecule has 0 atom stereocenters. The monoisotopic (exact) mass is 472 g/mol. The summed E-state index contributed by atoms with van der Waals surface area (Å²) in [6, 6.07) is 7.58. The Kier molecular flexibility index (Phi) is 6.07. The second kappa shape index (κ2) is 9.19. The Morgan fingerprint density at radius 3 is 2.74 bits per heavy atom. The topological polar surface area (TPSA) is 119 Å². The van der Waals surface area contributed by atoms with Crippen LogP contribution in [0.15, 0.2) is 24.4 Å². The minimum Gasteiger partial charge on any atom is -0.336 e. The molecule has 1 saturated heterocycles. The normalized spacial score (nSPS) is 19.2.